The van der Waals surface area contributed by atoms with Gasteiger partial charge in [0.25, 0.3) is 0 Å². The summed E-state index contributed by atoms with van der Waals surface area (Å²) < 4.78 is 0. The van der Waals surface area contributed by atoms with Crippen LogP contribution in [0.5, 0.6) is 0 Å². The van der Waals surface area contributed by atoms with Gasteiger partial charge in [0.1, 0.15) is 0 Å². The number of piperidine rings is 1. The zero-order valence-corrected chi connectivity index (χ0v) is 16.2. The van der Waals surface area contributed by atoms with E-state index in [2.05, 4.69) is 39.8 Å². The van der Waals surface area contributed by atoms with E-state index in [1.165, 1.54) is 37.9 Å². The fourth-order valence-electron chi connectivity index (χ4n) is 2.94. The predicted octanol–water partition coefficient (Wildman–Crippen LogP) is 5.79. The Hall–Kier alpha value is -1.33. The van der Waals surface area contributed by atoms with Gasteiger partial charge in [0.05, 0.1) is 10.0 Å². The van der Waals surface area contributed by atoms with E-state index >= 15 is 0 Å². The Labute approximate surface area is 164 Å². The van der Waals surface area contributed by atoms with Gasteiger partial charge in [-0.25, -0.2) is 0 Å². The molecule has 132 valence electrons. The molecule has 0 spiro atoms. The molecular formula is C19H21Cl2N3S. The quantitative estimate of drug-likeness (QED) is 0.642. The average Bonchev–Trinajstić information content (AvgIpc) is 2.61. The highest BCUT2D eigenvalue weighted by atomic mass is 35.5. The number of benzene rings is 2. The van der Waals surface area contributed by atoms with Crippen molar-refractivity contribution in [1.29, 1.82) is 0 Å². The van der Waals surface area contributed by atoms with Crippen molar-refractivity contribution in [3.63, 3.8) is 0 Å². The first-order valence-electron chi connectivity index (χ1n) is 8.44. The van der Waals surface area contributed by atoms with Gasteiger partial charge in [-0.1, -0.05) is 41.8 Å². The zero-order valence-electron chi connectivity index (χ0n) is 13.9. The van der Waals surface area contributed by atoms with Crippen LogP contribution in [0.15, 0.2) is 42.5 Å². The van der Waals surface area contributed by atoms with Crippen molar-refractivity contribution in [3.8, 4) is 0 Å². The summed E-state index contributed by atoms with van der Waals surface area (Å²) in [5.74, 6) is 0. The second-order valence-electron chi connectivity index (χ2n) is 6.24. The molecule has 2 aromatic rings. The molecule has 0 atom stereocenters. The summed E-state index contributed by atoms with van der Waals surface area (Å²) in [4.78, 5) is 2.52. The van der Waals surface area contributed by atoms with Gasteiger partial charge in [0.15, 0.2) is 5.11 Å². The maximum absolute atomic E-state index is 6.02. The topological polar surface area (TPSA) is 27.3 Å². The number of likely N-dealkylation sites (tertiary alicyclic amines) is 1. The maximum Gasteiger partial charge on any atom is 0.175 e. The second kappa shape index (κ2) is 8.86. The molecule has 1 aliphatic heterocycles. The molecule has 1 fully saturated rings. The summed E-state index contributed by atoms with van der Waals surface area (Å²) in [6.45, 7) is 3.43. The zero-order chi connectivity index (χ0) is 17.6. The minimum absolute atomic E-state index is 0.497. The number of nitrogens with one attached hydrogen (secondary N) is 2. The normalized spacial score (nSPS) is 15.0. The lowest BCUT2D eigenvalue weighted by Crippen LogP contribution is -2.29. The molecule has 1 aliphatic rings. The van der Waals surface area contributed by atoms with Gasteiger partial charge in [-0.15, -0.1) is 0 Å². The van der Waals surface area contributed by atoms with Crippen LogP contribution in [0.2, 0.25) is 10.0 Å². The molecule has 0 aliphatic carbocycles. The highest BCUT2D eigenvalue weighted by molar-refractivity contribution is 7.80. The molecule has 0 amide bonds. The molecule has 3 rings (SSSR count). The number of nitrogens with zero attached hydrogens (tertiary/aromatic N) is 1. The Balaban J connectivity index is 1.53. The molecule has 2 aromatic carbocycles. The van der Waals surface area contributed by atoms with Crippen molar-refractivity contribution in [2.75, 3.05) is 23.7 Å². The summed E-state index contributed by atoms with van der Waals surface area (Å²) in [6.07, 6.45) is 3.99. The Morgan fingerprint density at radius 1 is 0.880 bits per heavy atom. The van der Waals surface area contributed by atoms with Crippen LogP contribution in [-0.2, 0) is 6.54 Å². The molecule has 0 bridgehead atoms. The Bertz CT molecular complexity index is 728. The van der Waals surface area contributed by atoms with Crippen molar-refractivity contribution < 1.29 is 0 Å². The van der Waals surface area contributed by atoms with E-state index in [9.17, 15) is 0 Å². The number of anilines is 2. The maximum atomic E-state index is 6.02. The molecule has 2 N–H and O–H groups in total. The summed E-state index contributed by atoms with van der Waals surface area (Å²) in [6, 6.07) is 13.7. The summed E-state index contributed by atoms with van der Waals surface area (Å²) >= 11 is 17.3. The van der Waals surface area contributed by atoms with Gasteiger partial charge >= 0.3 is 0 Å². The summed E-state index contributed by atoms with van der Waals surface area (Å²) in [7, 11) is 0. The fraction of sp³-hybridized carbons (Fsp3) is 0.316. The lowest BCUT2D eigenvalue weighted by atomic mass is 10.1. The molecule has 1 heterocycles. The smallest absolute Gasteiger partial charge is 0.175 e. The average molecular weight is 394 g/mol. The number of hydrogen-bond donors (Lipinski definition) is 2. The highest BCUT2D eigenvalue weighted by Gasteiger charge is 2.10. The van der Waals surface area contributed by atoms with E-state index in [4.69, 9.17) is 35.4 Å². The summed E-state index contributed by atoms with van der Waals surface area (Å²) in [5.41, 5.74) is 3.09. The van der Waals surface area contributed by atoms with Gasteiger partial charge in [-0.05, 0) is 74.0 Å². The first kappa shape index (κ1) is 18.5. The predicted molar refractivity (Wildman–Crippen MR) is 112 cm³/mol. The van der Waals surface area contributed by atoms with Crippen molar-refractivity contribution in [1.82, 2.24) is 4.90 Å². The minimum atomic E-state index is 0.497. The van der Waals surface area contributed by atoms with Crippen LogP contribution >= 0.6 is 35.4 Å². The number of hydrogen-bond acceptors (Lipinski definition) is 2. The van der Waals surface area contributed by atoms with Crippen LogP contribution < -0.4 is 10.6 Å². The van der Waals surface area contributed by atoms with E-state index < -0.39 is 0 Å². The van der Waals surface area contributed by atoms with E-state index in [1.54, 1.807) is 12.1 Å². The number of thiocarbonyl (C=S) groups is 1. The molecule has 0 aromatic heterocycles. The van der Waals surface area contributed by atoms with Gasteiger partial charge in [-0.2, -0.15) is 0 Å². The van der Waals surface area contributed by atoms with Crippen LogP contribution in [0.25, 0.3) is 0 Å². The molecule has 25 heavy (non-hydrogen) atoms. The lowest BCUT2D eigenvalue weighted by molar-refractivity contribution is 0.221. The highest BCUT2D eigenvalue weighted by Crippen LogP contribution is 2.25. The molecular weight excluding hydrogens is 373 g/mol. The van der Waals surface area contributed by atoms with E-state index in [0.29, 0.717) is 15.2 Å². The van der Waals surface area contributed by atoms with Crippen LogP contribution in [0.4, 0.5) is 11.4 Å². The van der Waals surface area contributed by atoms with Crippen molar-refractivity contribution in [3.05, 3.63) is 58.1 Å². The van der Waals surface area contributed by atoms with Gasteiger partial charge in [0.2, 0.25) is 0 Å². The van der Waals surface area contributed by atoms with Gasteiger partial charge in [-0.3, -0.25) is 4.90 Å². The van der Waals surface area contributed by atoms with Crippen LogP contribution in [0, 0.1) is 0 Å². The van der Waals surface area contributed by atoms with Crippen molar-refractivity contribution in [2.24, 2.45) is 0 Å². The Kier molecular flexibility index (Phi) is 6.54. The monoisotopic (exact) mass is 393 g/mol. The van der Waals surface area contributed by atoms with Gasteiger partial charge < -0.3 is 10.6 Å². The summed E-state index contributed by atoms with van der Waals surface area (Å²) in [5, 5.41) is 7.83. The van der Waals surface area contributed by atoms with Gasteiger partial charge in [0, 0.05) is 17.9 Å². The molecule has 1 saturated heterocycles. The third-order valence-electron chi connectivity index (χ3n) is 4.24. The standard InChI is InChI=1S/C19H21Cl2N3S/c20-17-9-8-16(12-18(17)21)23-19(25)22-15-6-4-14(5-7-15)13-24-10-2-1-3-11-24/h4-9,12H,1-3,10-11,13H2,(H2,22,23,25). The molecule has 0 unspecified atom stereocenters. The van der Waals surface area contributed by atoms with Crippen LogP contribution in [0.3, 0.4) is 0 Å². The van der Waals surface area contributed by atoms with Crippen LogP contribution in [0.1, 0.15) is 24.8 Å². The lowest BCUT2D eigenvalue weighted by Gasteiger charge is -2.26. The number of rotatable bonds is 4. The molecule has 0 radical (unpaired) electrons. The largest absolute Gasteiger partial charge is 0.332 e. The molecule has 3 nitrogen and oxygen atoms in total. The van der Waals surface area contributed by atoms with E-state index in [0.717, 1.165) is 17.9 Å². The third-order valence-corrected chi connectivity index (χ3v) is 5.19. The first-order valence-corrected chi connectivity index (χ1v) is 9.61. The fourth-order valence-corrected chi connectivity index (χ4v) is 3.47. The van der Waals surface area contributed by atoms with E-state index in [-0.39, 0.29) is 0 Å². The molecule has 0 saturated carbocycles. The third kappa shape index (κ3) is 5.58. The van der Waals surface area contributed by atoms with Crippen LogP contribution in [-0.4, -0.2) is 23.1 Å². The molecule has 6 heteroatoms. The van der Waals surface area contributed by atoms with Crippen molar-refractivity contribution >= 4 is 51.9 Å². The van der Waals surface area contributed by atoms with E-state index in [1.807, 2.05) is 6.07 Å². The second-order valence-corrected chi connectivity index (χ2v) is 7.46. The number of halogens is 2. The SMILES string of the molecule is S=C(Nc1ccc(CN2CCCCC2)cc1)Nc1ccc(Cl)c(Cl)c1. The Morgan fingerprint density at radius 2 is 1.52 bits per heavy atom. The minimum Gasteiger partial charge on any atom is -0.332 e. The van der Waals surface area contributed by atoms with Crippen molar-refractivity contribution in [2.45, 2.75) is 25.8 Å². The Morgan fingerprint density at radius 3 is 2.20 bits per heavy atom. The first-order chi connectivity index (χ1) is 12.1.